The topological polar surface area (TPSA) is 42.0 Å². The van der Waals surface area contributed by atoms with Crippen LogP contribution in [0.1, 0.15) is 28.0 Å². The van der Waals surface area contributed by atoms with E-state index in [2.05, 4.69) is 10.3 Å². The van der Waals surface area contributed by atoms with Crippen LogP contribution in [-0.2, 0) is 6.54 Å². The van der Waals surface area contributed by atoms with E-state index in [1.54, 1.807) is 29.5 Å². The molecule has 0 saturated carbocycles. The molecule has 0 aliphatic carbocycles. The molecule has 1 N–H and O–H groups in total. The van der Waals surface area contributed by atoms with Crippen LogP contribution in [0.25, 0.3) is 0 Å². The van der Waals surface area contributed by atoms with E-state index >= 15 is 0 Å². The molecular formula is C13H13ClN2OS. The maximum atomic E-state index is 11.3. The van der Waals surface area contributed by atoms with Gasteiger partial charge in [-0.2, -0.15) is 0 Å². The number of nitrogens with zero attached hydrogens (tertiary/aromatic N) is 1. The Balaban J connectivity index is 2.11. The summed E-state index contributed by atoms with van der Waals surface area (Å²) >= 11 is 7.58. The van der Waals surface area contributed by atoms with E-state index in [0.717, 1.165) is 16.4 Å². The highest BCUT2D eigenvalue weighted by Crippen LogP contribution is 2.20. The molecule has 1 aromatic heterocycles. The zero-order valence-electron chi connectivity index (χ0n) is 10.2. The monoisotopic (exact) mass is 280 g/mol. The van der Waals surface area contributed by atoms with Crippen molar-refractivity contribution in [2.75, 3.05) is 5.32 Å². The molecule has 2 rings (SSSR count). The predicted octanol–water partition coefficient (Wildman–Crippen LogP) is 3.92. The zero-order valence-corrected chi connectivity index (χ0v) is 11.7. The van der Waals surface area contributed by atoms with Crippen molar-refractivity contribution in [3.8, 4) is 0 Å². The molecule has 2 aromatic rings. The first kappa shape index (κ1) is 13.1. The largest absolute Gasteiger partial charge is 0.378 e. The number of anilines is 1. The molecule has 0 spiro atoms. The lowest BCUT2D eigenvalue weighted by molar-refractivity contribution is 0.101. The van der Waals surface area contributed by atoms with Gasteiger partial charge in [0, 0.05) is 27.3 Å². The Morgan fingerprint density at radius 2 is 2.22 bits per heavy atom. The molecule has 94 valence electrons. The van der Waals surface area contributed by atoms with E-state index in [0.29, 0.717) is 17.1 Å². The minimum absolute atomic E-state index is 0.00523. The normalized spacial score (nSPS) is 10.4. The highest BCUT2D eigenvalue weighted by atomic mass is 35.5. The van der Waals surface area contributed by atoms with E-state index in [1.165, 1.54) is 6.92 Å². The van der Waals surface area contributed by atoms with Crippen molar-refractivity contribution in [3.63, 3.8) is 0 Å². The van der Waals surface area contributed by atoms with E-state index < -0.39 is 0 Å². The Labute approximate surface area is 115 Å². The Morgan fingerprint density at radius 1 is 1.44 bits per heavy atom. The third-order valence-corrected chi connectivity index (χ3v) is 3.60. The van der Waals surface area contributed by atoms with Crippen molar-refractivity contribution in [1.29, 1.82) is 0 Å². The van der Waals surface area contributed by atoms with Crippen molar-refractivity contribution in [2.45, 2.75) is 20.4 Å². The Hall–Kier alpha value is -1.39. The number of rotatable bonds is 4. The van der Waals surface area contributed by atoms with Crippen molar-refractivity contribution in [1.82, 2.24) is 4.98 Å². The summed E-state index contributed by atoms with van der Waals surface area (Å²) < 4.78 is 0. The van der Waals surface area contributed by atoms with Crippen LogP contribution >= 0.6 is 22.9 Å². The molecule has 0 saturated heterocycles. The number of benzene rings is 1. The van der Waals surface area contributed by atoms with Crippen molar-refractivity contribution < 1.29 is 4.79 Å². The second kappa shape index (κ2) is 5.50. The van der Waals surface area contributed by atoms with E-state index in [4.69, 9.17) is 11.6 Å². The fourth-order valence-corrected chi connectivity index (χ4v) is 2.50. The van der Waals surface area contributed by atoms with Gasteiger partial charge in [-0.1, -0.05) is 11.6 Å². The standard InChI is InChI=1S/C13H13ClN2OS/c1-8-7-18-13(16-8)6-15-12-4-10(9(2)17)3-11(14)5-12/h3-5,7,15H,6H2,1-2H3. The fraction of sp³-hybridized carbons (Fsp3) is 0.231. The van der Waals surface area contributed by atoms with Gasteiger partial charge in [0.25, 0.3) is 0 Å². The van der Waals surface area contributed by atoms with Crippen LogP contribution in [-0.4, -0.2) is 10.8 Å². The van der Waals surface area contributed by atoms with Crippen molar-refractivity contribution in [2.24, 2.45) is 0 Å². The second-order valence-electron chi connectivity index (χ2n) is 4.02. The molecule has 5 heteroatoms. The van der Waals surface area contributed by atoms with Crippen LogP contribution in [0, 0.1) is 6.92 Å². The second-order valence-corrected chi connectivity index (χ2v) is 5.40. The van der Waals surface area contributed by atoms with Crippen LogP contribution < -0.4 is 5.32 Å². The van der Waals surface area contributed by atoms with Gasteiger partial charge in [-0.25, -0.2) is 4.98 Å². The average Bonchev–Trinajstić information content (AvgIpc) is 2.72. The predicted molar refractivity (Wildman–Crippen MR) is 75.6 cm³/mol. The van der Waals surface area contributed by atoms with Gasteiger partial charge in [0.05, 0.1) is 6.54 Å². The summed E-state index contributed by atoms with van der Waals surface area (Å²) in [6.45, 7) is 4.13. The highest BCUT2D eigenvalue weighted by molar-refractivity contribution is 7.09. The quantitative estimate of drug-likeness (QED) is 0.863. The molecule has 0 radical (unpaired) electrons. The number of Topliss-reactive ketones (excluding diaryl/α,β-unsaturated/α-hetero) is 1. The summed E-state index contributed by atoms with van der Waals surface area (Å²) in [6.07, 6.45) is 0. The molecule has 0 fully saturated rings. The first-order valence-electron chi connectivity index (χ1n) is 5.51. The number of nitrogens with one attached hydrogen (secondary N) is 1. The first-order valence-corrected chi connectivity index (χ1v) is 6.77. The van der Waals surface area contributed by atoms with Gasteiger partial charge in [-0.15, -0.1) is 11.3 Å². The number of halogens is 1. The molecule has 0 atom stereocenters. The van der Waals surface area contributed by atoms with Crippen LogP contribution in [0.15, 0.2) is 23.6 Å². The van der Waals surface area contributed by atoms with Crippen molar-refractivity contribution in [3.05, 3.63) is 44.9 Å². The molecule has 18 heavy (non-hydrogen) atoms. The summed E-state index contributed by atoms with van der Waals surface area (Å²) in [7, 11) is 0. The van der Waals surface area contributed by atoms with Crippen molar-refractivity contribution >= 4 is 34.4 Å². The Kier molecular flexibility index (Phi) is 3.99. The van der Waals surface area contributed by atoms with Gasteiger partial charge >= 0.3 is 0 Å². The summed E-state index contributed by atoms with van der Waals surface area (Å²) in [4.78, 5) is 15.7. The molecule has 1 aromatic carbocycles. The van der Waals surface area contributed by atoms with Gasteiger partial charge in [-0.3, -0.25) is 4.79 Å². The van der Waals surface area contributed by atoms with E-state index in [9.17, 15) is 4.79 Å². The number of thiazole rings is 1. The molecule has 3 nitrogen and oxygen atoms in total. The number of hydrogen-bond acceptors (Lipinski definition) is 4. The first-order chi connectivity index (χ1) is 8.54. The number of aryl methyl sites for hydroxylation is 1. The van der Waals surface area contributed by atoms with Crippen LogP contribution in [0.2, 0.25) is 5.02 Å². The smallest absolute Gasteiger partial charge is 0.159 e. The Morgan fingerprint density at radius 3 is 2.83 bits per heavy atom. The average molecular weight is 281 g/mol. The molecule has 0 aliphatic rings. The van der Waals surface area contributed by atoms with Crippen LogP contribution in [0.5, 0.6) is 0 Å². The maximum absolute atomic E-state index is 11.3. The fourth-order valence-electron chi connectivity index (χ4n) is 1.56. The summed E-state index contributed by atoms with van der Waals surface area (Å²) in [6, 6.07) is 5.27. The minimum Gasteiger partial charge on any atom is -0.378 e. The van der Waals surface area contributed by atoms with Gasteiger partial charge in [0.2, 0.25) is 0 Å². The third-order valence-electron chi connectivity index (χ3n) is 2.41. The molecule has 0 unspecified atom stereocenters. The molecular weight excluding hydrogens is 268 g/mol. The SMILES string of the molecule is CC(=O)c1cc(Cl)cc(NCc2nc(C)cs2)c1. The van der Waals surface area contributed by atoms with Gasteiger partial charge < -0.3 is 5.32 Å². The number of ketones is 1. The lowest BCUT2D eigenvalue weighted by atomic mass is 10.1. The molecule has 0 bridgehead atoms. The minimum atomic E-state index is 0.00523. The van der Waals surface area contributed by atoms with E-state index in [1.807, 2.05) is 12.3 Å². The van der Waals surface area contributed by atoms with Gasteiger partial charge in [-0.05, 0) is 32.0 Å². The summed E-state index contributed by atoms with van der Waals surface area (Å²) in [5.74, 6) is 0.00523. The van der Waals surface area contributed by atoms with E-state index in [-0.39, 0.29) is 5.78 Å². The molecule has 0 amide bonds. The maximum Gasteiger partial charge on any atom is 0.159 e. The number of carbonyl (C=O) groups excluding carboxylic acids is 1. The van der Waals surface area contributed by atoms with Crippen LogP contribution in [0.4, 0.5) is 5.69 Å². The number of carbonyl (C=O) groups is 1. The molecule has 0 aliphatic heterocycles. The third kappa shape index (κ3) is 3.31. The lowest BCUT2D eigenvalue weighted by Gasteiger charge is -2.06. The number of hydrogen-bond donors (Lipinski definition) is 1. The Bertz CT molecular complexity index is 580. The molecule has 1 heterocycles. The van der Waals surface area contributed by atoms with Gasteiger partial charge in [0.1, 0.15) is 5.01 Å². The summed E-state index contributed by atoms with van der Waals surface area (Å²) in [5.41, 5.74) is 2.47. The van der Waals surface area contributed by atoms with Crippen LogP contribution in [0.3, 0.4) is 0 Å². The number of aromatic nitrogens is 1. The summed E-state index contributed by atoms with van der Waals surface area (Å²) in [5, 5.41) is 6.80. The zero-order chi connectivity index (χ0) is 13.1. The lowest BCUT2D eigenvalue weighted by Crippen LogP contribution is -2.01. The highest BCUT2D eigenvalue weighted by Gasteiger charge is 2.04. The van der Waals surface area contributed by atoms with Gasteiger partial charge in [0.15, 0.2) is 5.78 Å².